The summed E-state index contributed by atoms with van der Waals surface area (Å²) in [6.07, 6.45) is 2.21. The van der Waals surface area contributed by atoms with Crippen molar-refractivity contribution < 1.29 is 9.32 Å². The number of aromatic amines is 1. The Bertz CT molecular complexity index is 1050. The number of anilines is 3. The molecule has 2 aromatic heterocycles. The van der Waals surface area contributed by atoms with Gasteiger partial charge < -0.3 is 20.1 Å². The number of nitrogens with one attached hydrogen (secondary N) is 3. The molecule has 0 saturated heterocycles. The predicted octanol–water partition coefficient (Wildman–Crippen LogP) is 4.39. The van der Waals surface area contributed by atoms with Crippen LogP contribution in [0.3, 0.4) is 0 Å². The van der Waals surface area contributed by atoms with Crippen LogP contribution < -0.4 is 10.6 Å². The number of para-hydroxylation sites is 1. The minimum absolute atomic E-state index is 0.0532. The SMILES string of the molecule is Cc1cc(Nc2ccc(NC(=O)Cc3c[nH]c4ccccc34)cc2)no1. The van der Waals surface area contributed by atoms with Crippen molar-refractivity contribution in [1.82, 2.24) is 10.1 Å². The molecule has 130 valence electrons. The molecule has 0 fully saturated rings. The number of amides is 1. The molecule has 0 spiro atoms. The minimum Gasteiger partial charge on any atom is -0.361 e. The van der Waals surface area contributed by atoms with Crippen LogP contribution in [0.25, 0.3) is 10.9 Å². The molecule has 1 amide bonds. The number of carbonyl (C=O) groups excluding carboxylic acids is 1. The molecule has 2 aromatic carbocycles. The van der Waals surface area contributed by atoms with Crippen molar-refractivity contribution in [3.05, 3.63) is 72.1 Å². The molecular formula is C20H18N4O2. The van der Waals surface area contributed by atoms with Crippen molar-refractivity contribution in [2.75, 3.05) is 10.6 Å². The number of nitrogens with zero attached hydrogens (tertiary/aromatic N) is 1. The summed E-state index contributed by atoms with van der Waals surface area (Å²) in [6.45, 7) is 1.84. The van der Waals surface area contributed by atoms with E-state index in [9.17, 15) is 4.79 Å². The summed E-state index contributed by atoms with van der Waals surface area (Å²) in [6, 6.07) is 17.2. The first-order valence-corrected chi connectivity index (χ1v) is 8.32. The number of aromatic nitrogens is 2. The molecule has 0 aliphatic rings. The highest BCUT2D eigenvalue weighted by atomic mass is 16.5. The van der Waals surface area contributed by atoms with Crippen LogP contribution in [-0.4, -0.2) is 16.0 Å². The Morgan fingerprint density at radius 1 is 1.12 bits per heavy atom. The van der Waals surface area contributed by atoms with E-state index in [1.807, 2.05) is 67.7 Å². The van der Waals surface area contributed by atoms with Gasteiger partial charge in [0.1, 0.15) is 5.76 Å². The van der Waals surface area contributed by atoms with Gasteiger partial charge in [0.25, 0.3) is 0 Å². The van der Waals surface area contributed by atoms with E-state index in [1.165, 1.54) is 0 Å². The Balaban J connectivity index is 1.39. The van der Waals surface area contributed by atoms with Crippen molar-refractivity contribution in [1.29, 1.82) is 0 Å². The van der Waals surface area contributed by atoms with Gasteiger partial charge >= 0.3 is 0 Å². The number of hydrogen-bond acceptors (Lipinski definition) is 4. The molecule has 2 heterocycles. The van der Waals surface area contributed by atoms with Crippen molar-refractivity contribution >= 4 is 34.0 Å². The zero-order valence-electron chi connectivity index (χ0n) is 14.2. The number of fused-ring (bicyclic) bond motifs is 1. The topological polar surface area (TPSA) is 83.0 Å². The molecule has 6 heteroatoms. The number of carbonyl (C=O) groups is 1. The van der Waals surface area contributed by atoms with Gasteiger partial charge in [0.2, 0.25) is 5.91 Å². The average Bonchev–Trinajstić information content (AvgIpc) is 3.23. The van der Waals surface area contributed by atoms with Crippen molar-refractivity contribution in [2.45, 2.75) is 13.3 Å². The molecule has 0 aliphatic carbocycles. The highest BCUT2D eigenvalue weighted by molar-refractivity contribution is 5.95. The van der Waals surface area contributed by atoms with Gasteiger partial charge in [-0.3, -0.25) is 4.79 Å². The third-order valence-electron chi connectivity index (χ3n) is 4.09. The maximum Gasteiger partial charge on any atom is 0.228 e. The van der Waals surface area contributed by atoms with E-state index in [4.69, 9.17) is 4.52 Å². The molecule has 0 aliphatic heterocycles. The average molecular weight is 346 g/mol. The zero-order chi connectivity index (χ0) is 17.9. The lowest BCUT2D eigenvalue weighted by Gasteiger charge is -2.07. The molecule has 3 N–H and O–H groups in total. The van der Waals surface area contributed by atoms with E-state index in [0.717, 1.165) is 33.6 Å². The van der Waals surface area contributed by atoms with Gasteiger partial charge in [0.15, 0.2) is 5.82 Å². The van der Waals surface area contributed by atoms with Crippen LogP contribution in [0, 0.1) is 6.92 Å². The first-order chi connectivity index (χ1) is 12.7. The molecule has 0 unspecified atom stereocenters. The lowest BCUT2D eigenvalue weighted by molar-refractivity contribution is -0.115. The fraction of sp³-hybridized carbons (Fsp3) is 0.100. The number of aryl methyl sites for hydroxylation is 1. The van der Waals surface area contributed by atoms with E-state index in [1.54, 1.807) is 0 Å². The Morgan fingerprint density at radius 3 is 2.65 bits per heavy atom. The summed E-state index contributed by atoms with van der Waals surface area (Å²) in [5, 5.41) is 11.0. The van der Waals surface area contributed by atoms with Crippen LogP contribution in [0.1, 0.15) is 11.3 Å². The lowest BCUT2D eigenvalue weighted by Crippen LogP contribution is -2.14. The summed E-state index contributed by atoms with van der Waals surface area (Å²) < 4.78 is 5.02. The number of rotatable bonds is 5. The van der Waals surface area contributed by atoms with Crippen LogP contribution in [-0.2, 0) is 11.2 Å². The van der Waals surface area contributed by atoms with Gasteiger partial charge in [-0.1, -0.05) is 23.4 Å². The predicted molar refractivity (Wildman–Crippen MR) is 102 cm³/mol. The highest BCUT2D eigenvalue weighted by Crippen LogP contribution is 2.20. The normalized spacial score (nSPS) is 10.8. The maximum absolute atomic E-state index is 12.3. The maximum atomic E-state index is 12.3. The molecule has 0 atom stereocenters. The van der Waals surface area contributed by atoms with Crippen LogP contribution in [0.5, 0.6) is 0 Å². The van der Waals surface area contributed by atoms with Crippen molar-refractivity contribution in [3.8, 4) is 0 Å². The van der Waals surface area contributed by atoms with Crippen LogP contribution in [0.15, 0.2) is 65.3 Å². The fourth-order valence-electron chi connectivity index (χ4n) is 2.87. The van der Waals surface area contributed by atoms with Gasteiger partial charge in [-0.15, -0.1) is 0 Å². The van der Waals surface area contributed by atoms with Gasteiger partial charge in [0, 0.05) is 34.5 Å². The largest absolute Gasteiger partial charge is 0.361 e. The zero-order valence-corrected chi connectivity index (χ0v) is 14.2. The molecule has 0 saturated carbocycles. The molecule has 4 aromatic rings. The Hall–Kier alpha value is -3.54. The van der Waals surface area contributed by atoms with Gasteiger partial charge in [-0.2, -0.15) is 0 Å². The van der Waals surface area contributed by atoms with E-state index in [2.05, 4.69) is 20.8 Å². The van der Waals surface area contributed by atoms with Crippen LogP contribution in [0.4, 0.5) is 17.2 Å². The Morgan fingerprint density at radius 2 is 1.88 bits per heavy atom. The molecule has 4 rings (SSSR count). The van der Waals surface area contributed by atoms with Crippen LogP contribution in [0.2, 0.25) is 0 Å². The van der Waals surface area contributed by atoms with Gasteiger partial charge in [-0.25, -0.2) is 0 Å². The van der Waals surface area contributed by atoms with E-state index < -0.39 is 0 Å². The third kappa shape index (κ3) is 3.44. The molecular weight excluding hydrogens is 328 g/mol. The molecule has 0 radical (unpaired) electrons. The summed E-state index contributed by atoms with van der Waals surface area (Å²) in [4.78, 5) is 15.5. The summed E-state index contributed by atoms with van der Waals surface area (Å²) in [7, 11) is 0. The summed E-state index contributed by atoms with van der Waals surface area (Å²) in [5.41, 5.74) is 3.64. The monoisotopic (exact) mass is 346 g/mol. The molecule has 6 nitrogen and oxygen atoms in total. The smallest absolute Gasteiger partial charge is 0.228 e. The minimum atomic E-state index is -0.0532. The lowest BCUT2D eigenvalue weighted by atomic mass is 10.1. The second-order valence-corrected chi connectivity index (χ2v) is 6.11. The first kappa shape index (κ1) is 16.0. The van der Waals surface area contributed by atoms with Crippen molar-refractivity contribution in [2.24, 2.45) is 0 Å². The summed E-state index contributed by atoms with van der Waals surface area (Å²) >= 11 is 0. The Kier molecular flexibility index (Phi) is 4.15. The molecule has 26 heavy (non-hydrogen) atoms. The number of benzene rings is 2. The van der Waals surface area contributed by atoms with Gasteiger partial charge in [-0.05, 0) is 42.8 Å². The van der Waals surface area contributed by atoms with Crippen molar-refractivity contribution in [3.63, 3.8) is 0 Å². The number of H-pyrrole nitrogens is 1. The second kappa shape index (κ2) is 6.76. The van der Waals surface area contributed by atoms with Crippen LogP contribution >= 0.6 is 0 Å². The van der Waals surface area contributed by atoms with E-state index in [0.29, 0.717) is 12.2 Å². The van der Waals surface area contributed by atoms with E-state index in [-0.39, 0.29) is 5.91 Å². The fourth-order valence-corrected chi connectivity index (χ4v) is 2.87. The summed E-state index contributed by atoms with van der Waals surface area (Å²) in [5.74, 6) is 1.34. The Labute approximate surface area is 150 Å². The quantitative estimate of drug-likeness (QED) is 0.500. The van der Waals surface area contributed by atoms with E-state index >= 15 is 0 Å². The standard InChI is InChI=1S/C20H18N4O2/c1-13-10-19(24-26-13)22-15-6-8-16(9-7-15)23-20(25)11-14-12-21-18-5-3-2-4-17(14)18/h2-10,12,21H,11H2,1H3,(H,22,24)(H,23,25). The third-order valence-corrected chi connectivity index (χ3v) is 4.09. The first-order valence-electron chi connectivity index (χ1n) is 8.32. The second-order valence-electron chi connectivity index (χ2n) is 6.11. The van der Waals surface area contributed by atoms with Gasteiger partial charge in [0.05, 0.1) is 6.42 Å². The number of hydrogen-bond donors (Lipinski definition) is 3. The highest BCUT2D eigenvalue weighted by Gasteiger charge is 2.09. The molecule has 0 bridgehead atoms.